The van der Waals surface area contributed by atoms with Gasteiger partial charge in [0.25, 0.3) is 0 Å². The highest BCUT2D eigenvalue weighted by Crippen LogP contribution is 2.33. The topological polar surface area (TPSA) is 81.4 Å². The van der Waals surface area contributed by atoms with Crippen molar-refractivity contribution in [1.82, 2.24) is 14.9 Å². The van der Waals surface area contributed by atoms with Gasteiger partial charge in [-0.2, -0.15) is 9.78 Å². The number of thioether (sulfide) groups is 1. The number of amides is 1. The molecular formula is C20H19N5O2S. The normalized spacial score (nSPS) is 12.9. The van der Waals surface area contributed by atoms with E-state index in [1.165, 1.54) is 6.92 Å². The largest absolute Gasteiger partial charge is 0.493 e. The molecule has 142 valence electrons. The van der Waals surface area contributed by atoms with E-state index in [1.807, 2.05) is 55.5 Å². The molecule has 0 fully saturated rings. The molecule has 1 amide bonds. The number of ether oxygens (including phenoxy) is 1. The number of para-hydroxylation sites is 1. The van der Waals surface area contributed by atoms with Crippen LogP contribution >= 0.6 is 11.8 Å². The Morgan fingerprint density at radius 1 is 1.18 bits per heavy atom. The van der Waals surface area contributed by atoms with Crippen molar-refractivity contribution in [2.75, 3.05) is 17.7 Å². The lowest BCUT2D eigenvalue weighted by molar-refractivity contribution is -0.114. The van der Waals surface area contributed by atoms with Crippen LogP contribution in [0.25, 0.3) is 11.4 Å². The summed E-state index contributed by atoms with van der Waals surface area (Å²) in [6.07, 6.45) is 0. The van der Waals surface area contributed by atoms with Crippen molar-refractivity contribution in [2.45, 2.75) is 19.0 Å². The van der Waals surface area contributed by atoms with Crippen molar-refractivity contribution in [2.24, 2.45) is 5.10 Å². The first-order valence-electron chi connectivity index (χ1n) is 8.92. The molecule has 8 heteroatoms. The minimum absolute atomic E-state index is 0.0925. The standard InChI is InChI=1S/C20H19N5O2S/c1-3-27-18-7-5-4-6-16(18)19-22-23-20-25(19)24-17(12-28-20)14-8-10-15(11-9-14)21-13(2)26/h4-11H,3,12H2,1-2H3,(H,21,26). The van der Waals surface area contributed by atoms with Crippen LogP contribution in [0.4, 0.5) is 5.69 Å². The first-order valence-corrected chi connectivity index (χ1v) is 9.90. The first-order chi connectivity index (χ1) is 13.7. The Balaban J connectivity index is 1.70. The molecule has 0 spiro atoms. The van der Waals surface area contributed by atoms with Crippen LogP contribution < -0.4 is 10.1 Å². The zero-order chi connectivity index (χ0) is 19.5. The number of hydrogen-bond acceptors (Lipinski definition) is 6. The number of carbonyl (C=O) groups is 1. The van der Waals surface area contributed by atoms with Gasteiger partial charge in [-0.3, -0.25) is 4.79 Å². The molecule has 7 nitrogen and oxygen atoms in total. The first kappa shape index (κ1) is 18.2. The fourth-order valence-corrected chi connectivity index (χ4v) is 3.76. The third kappa shape index (κ3) is 3.63. The van der Waals surface area contributed by atoms with Crippen LogP contribution in [0.3, 0.4) is 0 Å². The van der Waals surface area contributed by atoms with Crippen LogP contribution in [-0.2, 0) is 4.79 Å². The number of carbonyl (C=O) groups excluding carboxylic acids is 1. The Labute approximate surface area is 166 Å². The highest BCUT2D eigenvalue weighted by molar-refractivity contribution is 7.99. The summed E-state index contributed by atoms with van der Waals surface area (Å²) in [5.74, 6) is 2.01. The molecule has 0 radical (unpaired) electrons. The number of rotatable bonds is 5. The van der Waals surface area contributed by atoms with E-state index in [9.17, 15) is 4.79 Å². The van der Waals surface area contributed by atoms with Crippen molar-refractivity contribution >= 4 is 29.1 Å². The zero-order valence-corrected chi connectivity index (χ0v) is 16.4. The fraction of sp³-hybridized carbons (Fsp3) is 0.200. The molecule has 28 heavy (non-hydrogen) atoms. The number of benzene rings is 2. The number of nitrogens with one attached hydrogen (secondary N) is 1. The molecule has 1 aliphatic rings. The molecule has 1 aliphatic heterocycles. The summed E-state index contributed by atoms with van der Waals surface area (Å²) in [4.78, 5) is 11.2. The fourth-order valence-electron chi connectivity index (χ4n) is 2.92. The minimum Gasteiger partial charge on any atom is -0.493 e. The Bertz CT molecular complexity index is 1040. The van der Waals surface area contributed by atoms with E-state index in [2.05, 4.69) is 15.5 Å². The Morgan fingerprint density at radius 2 is 1.96 bits per heavy atom. The van der Waals surface area contributed by atoms with E-state index >= 15 is 0 Å². The lowest BCUT2D eigenvalue weighted by Crippen LogP contribution is -2.14. The van der Waals surface area contributed by atoms with Crippen LogP contribution in [0.1, 0.15) is 19.4 Å². The third-order valence-electron chi connectivity index (χ3n) is 4.14. The highest BCUT2D eigenvalue weighted by atomic mass is 32.2. The van der Waals surface area contributed by atoms with Crippen LogP contribution in [0, 0.1) is 0 Å². The smallest absolute Gasteiger partial charge is 0.221 e. The molecule has 0 atom stereocenters. The second kappa shape index (κ2) is 7.85. The summed E-state index contributed by atoms with van der Waals surface area (Å²) in [6.45, 7) is 4.01. The van der Waals surface area contributed by atoms with E-state index in [1.54, 1.807) is 16.4 Å². The Morgan fingerprint density at radius 3 is 2.71 bits per heavy atom. The summed E-state index contributed by atoms with van der Waals surface area (Å²) in [7, 11) is 0. The van der Waals surface area contributed by atoms with E-state index in [-0.39, 0.29) is 5.91 Å². The molecule has 1 N–H and O–H groups in total. The van der Waals surface area contributed by atoms with Crippen LogP contribution in [-0.4, -0.2) is 38.9 Å². The molecule has 0 saturated carbocycles. The van der Waals surface area contributed by atoms with Gasteiger partial charge in [0, 0.05) is 18.4 Å². The predicted octanol–water partition coefficient (Wildman–Crippen LogP) is 3.66. The summed E-state index contributed by atoms with van der Waals surface area (Å²) < 4.78 is 7.50. The van der Waals surface area contributed by atoms with Crippen molar-refractivity contribution < 1.29 is 9.53 Å². The molecule has 1 aromatic heterocycles. The monoisotopic (exact) mass is 393 g/mol. The van der Waals surface area contributed by atoms with Gasteiger partial charge in [-0.1, -0.05) is 36.0 Å². The van der Waals surface area contributed by atoms with Gasteiger partial charge in [-0.05, 0) is 36.8 Å². The number of hydrogen-bond donors (Lipinski definition) is 1. The summed E-state index contributed by atoms with van der Waals surface area (Å²) in [5.41, 5.74) is 3.53. The molecule has 0 unspecified atom stereocenters. The third-order valence-corrected chi connectivity index (χ3v) is 5.07. The second-order valence-corrected chi connectivity index (χ2v) is 7.08. The van der Waals surface area contributed by atoms with Crippen molar-refractivity contribution in [3.8, 4) is 17.1 Å². The quantitative estimate of drug-likeness (QED) is 0.715. The molecule has 0 saturated heterocycles. The summed E-state index contributed by atoms with van der Waals surface area (Å²) in [5, 5.41) is 16.9. The van der Waals surface area contributed by atoms with E-state index < -0.39 is 0 Å². The van der Waals surface area contributed by atoms with Gasteiger partial charge < -0.3 is 10.1 Å². The van der Waals surface area contributed by atoms with Gasteiger partial charge in [0.2, 0.25) is 11.1 Å². The summed E-state index contributed by atoms with van der Waals surface area (Å²) >= 11 is 1.59. The lowest BCUT2D eigenvalue weighted by atomic mass is 10.1. The average Bonchev–Trinajstić information content (AvgIpc) is 3.12. The number of fused-ring (bicyclic) bond motifs is 1. The van der Waals surface area contributed by atoms with Gasteiger partial charge in [0.15, 0.2) is 5.82 Å². The average molecular weight is 393 g/mol. The van der Waals surface area contributed by atoms with E-state index in [0.717, 1.165) is 33.4 Å². The molecule has 2 aromatic carbocycles. The molecule has 3 aromatic rings. The van der Waals surface area contributed by atoms with Crippen molar-refractivity contribution in [3.63, 3.8) is 0 Å². The molecule has 2 heterocycles. The van der Waals surface area contributed by atoms with Gasteiger partial charge in [0.1, 0.15) is 5.75 Å². The predicted molar refractivity (Wildman–Crippen MR) is 110 cm³/mol. The molecule has 4 rings (SSSR count). The lowest BCUT2D eigenvalue weighted by Gasteiger charge is -2.15. The van der Waals surface area contributed by atoms with Crippen LogP contribution in [0.2, 0.25) is 0 Å². The molecule has 0 bridgehead atoms. The zero-order valence-electron chi connectivity index (χ0n) is 15.5. The number of anilines is 1. The van der Waals surface area contributed by atoms with Crippen molar-refractivity contribution in [1.29, 1.82) is 0 Å². The van der Waals surface area contributed by atoms with Crippen molar-refractivity contribution in [3.05, 3.63) is 54.1 Å². The maximum atomic E-state index is 11.2. The Kier molecular flexibility index (Phi) is 5.12. The molecule has 0 aliphatic carbocycles. The van der Waals surface area contributed by atoms with Crippen LogP contribution in [0.15, 0.2) is 58.8 Å². The molecular weight excluding hydrogens is 374 g/mol. The van der Waals surface area contributed by atoms with Gasteiger partial charge in [0.05, 0.1) is 17.9 Å². The summed E-state index contributed by atoms with van der Waals surface area (Å²) in [6, 6.07) is 15.4. The highest BCUT2D eigenvalue weighted by Gasteiger charge is 2.22. The minimum atomic E-state index is -0.0925. The SMILES string of the molecule is CCOc1ccccc1-c1nnc2n1N=C(c1ccc(NC(C)=O)cc1)CS2. The Hall–Kier alpha value is -3.13. The van der Waals surface area contributed by atoms with E-state index in [0.29, 0.717) is 18.2 Å². The van der Waals surface area contributed by atoms with Gasteiger partial charge >= 0.3 is 0 Å². The van der Waals surface area contributed by atoms with Gasteiger partial charge in [-0.25, -0.2) is 0 Å². The second-order valence-electron chi connectivity index (χ2n) is 6.14. The van der Waals surface area contributed by atoms with E-state index in [4.69, 9.17) is 9.84 Å². The van der Waals surface area contributed by atoms with Gasteiger partial charge in [-0.15, -0.1) is 10.2 Å². The number of aromatic nitrogens is 3. The maximum absolute atomic E-state index is 11.2. The number of nitrogens with zero attached hydrogens (tertiary/aromatic N) is 4. The van der Waals surface area contributed by atoms with Crippen LogP contribution in [0.5, 0.6) is 5.75 Å². The maximum Gasteiger partial charge on any atom is 0.221 e.